The van der Waals surface area contributed by atoms with Crippen LogP contribution in [0.3, 0.4) is 0 Å². The summed E-state index contributed by atoms with van der Waals surface area (Å²) in [5, 5.41) is 19.8. The van der Waals surface area contributed by atoms with Crippen LogP contribution in [0.1, 0.15) is 112 Å². The fraction of sp³-hybridized carbons (Fsp3) is 0.931. The van der Waals surface area contributed by atoms with E-state index in [2.05, 4.69) is 47.6 Å². The molecule has 3 fully saturated rings. The predicted octanol–water partition coefficient (Wildman–Crippen LogP) is 7.18. The first-order valence-corrected chi connectivity index (χ1v) is 13.7. The van der Waals surface area contributed by atoms with Gasteiger partial charge in [0.25, 0.3) is 0 Å². The fourth-order valence-corrected chi connectivity index (χ4v) is 8.68. The van der Waals surface area contributed by atoms with Gasteiger partial charge in [-0.1, -0.05) is 54.4 Å². The van der Waals surface area contributed by atoms with Gasteiger partial charge in [-0.15, -0.1) is 0 Å². The summed E-state index contributed by atoms with van der Waals surface area (Å²) >= 11 is 0. The zero-order valence-corrected chi connectivity index (χ0v) is 21.7. The molecular formula is C29H49NO2. The number of carbonyl (C=O) groups is 1. The average Bonchev–Trinajstić information content (AvgIpc) is 3.09. The van der Waals surface area contributed by atoms with E-state index >= 15 is 0 Å². The molecule has 182 valence electrons. The lowest BCUT2D eigenvalue weighted by Crippen LogP contribution is -2.51. The number of fused-ring (bicyclic) bond motifs is 1. The summed E-state index contributed by atoms with van der Waals surface area (Å²) in [5.74, 6) is 4.53. The highest BCUT2D eigenvalue weighted by molar-refractivity contribution is 5.86. The summed E-state index contributed by atoms with van der Waals surface area (Å²) in [6.45, 7) is 14.2. The molecule has 0 saturated heterocycles. The van der Waals surface area contributed by atoms with Gasteiger partial charge in [0.1, 0.15) is 5.78 Å². The lowest BCUT2D eigenvalue weighted by atomic mass is 9.49. The van der Waals surface area contributed by atoms with Gasteiger partial charge in [0.15, 0.2) is 0 Å². The van der Waals surface area contributed by atoms with E-state index in [1.165, 1.54) is 38.5 Å². The predicted molar refractivity (Wildman–Crippen MR) is 131 cm³/mol. The molecule has 3 nitrogen and oxygen atoms in total. The minimum absolute atomic E-state index is 0.245. The van der Waals surface area contributed by atoms with Gasteiger partial charge in [-0.05, 0) is 91.8 Å². The van der Waals surface area contributed by atoms with Crippen LogP contribution in [-0.2, 0) is 4.79 Å². The van der Waals surface area contributed by atoms with Gasteiger partial charge < -0.3 is 5.11 Å². The van der Waals surface area contributed by atoms with Crippen LogP contribution in [0.4, 0.5) is 0 Å². The Bertz CT molecular complexity index is 696. The second-order valence-electron chi connectivity index (χ2n) is 12.7. The minimum atomic E-state index is -0.464. The van der Waals surface area contributed by atoms with Gasteiger partial charge in [-0.25, -0.2) is 0 Å². The maximum atomic E-state index is 13.1. The van der Waals surface area contributed by atoms with Crippen molar-refractivity contribution in [2.45, 2.75) is 118 Å². The molecule has 0 aliphatic heterocycles. The minimum Gasteiger partial charge on any atom is -0.393 e. The van der Waals surface area contributed by atoms with Crippen LogP contribution in [-0.4, -0.2) is 17.0 Å². The zero-order valence-electron chi connectivity index (χ0n) is 21.7. The molecule has 3 aliphatic carbocycles. The third kappa shape index (κ3) is 4.68. The van der Waals surface area contributed by atoms with Gasteiger partial charge in [-0.3, -0.25) is 4.79 Å². The first kappa shape index (κ1) is 25.7. The number of aliphatic hydroxyl groups excluding tert-OH is 1. The highest BCUT2D eigenvalue weighted by atomic mass is 16.3. The number of hydrogen-bond donors (Lipinski definition) is 1. The van der Waals surface area contributed by atoms with E-state index in [1.54, 1.807) is 0 Å². The third-order valence-corrected chi connectivity index (χ3v) is 10.9. The van der Waals surface area contributed by atoms with Crippen LogP contribution < -0.4 is 0 Å². The quantitative estimate of drug-likeness (QED) is 0.432. The largest absolute Gasteiger partial charge is 0.393 e. The number of ketones is 1. The number of Topliss-reactive ketones (excluding diaryl/α,β-unsaturated/α-hetero) is 1. The van der Waals surface area contributed by atoms with E-state index in [0.29, 0.717) is 36.0 Å². The Morgan fingerprint density at radius 3 is 2.38 bits per heavy atom. The van der Waals surface area contributed by atoms with Crippen molar-refractivity contribution in [2.75, 3.05) is 0 Å². The van der Waals surface area contributed by atoms with Crippen molar-refractivity contribution in [3.05, 3.63) is 0 Å². The lowest BCUT2D eigenvalue weighted by Gasteiger charge is -2.54. The van der Waals surface area contributed by atoms with Crippen LogP contribution in [0.15, 0.2) is 0 Å². The molecule has 0 aromatic rings. The van der Waals surface area contributed by atoms with Crippen LogP contribution >= 0.6 is 0 Å². The first-order chi connectivity index (χ1) is 15.1. The molecule has 1 N–H and O–H groups in total. The molecule has 0 spiro atoms. The van der Waals surface area contributed by atoms with Crippen LogP contribution in [0.2, 0.25) is 0 Å². The summed E-state index contributed by atoms with van der Waals surface area (Å²) in [5.41, 5.74) is -0.0397. The second kappa shape index (κ2) is 10.2. The smallest absolute Gasteiger partial charge is 0.141 e. The van der Waals surface area contributed by atoms with Crippen molar-refractivity contribution in [2.24, 2.45) is 52.3 Å². The SMILES string of the molecule is CC[C@@H](CC[C@@H](C)[C@H]1CC[C@H]2[C@H](CC#N)[C@@H]([C@@]3(C)CC[C@H](O)CC3=O)CC[C@]12C)C(C)C. The van der Waals surface area contributed by atoms with E-state index in [0.717, 1.165) is 42.9 Å². The maximum absolute atomic E-state index is 13.1. The molecule has 0 amide bonds. The van der Waals surface area contributed by atoms with Crippen molar-refractivity contribution in [3.63, 3.8) is 0 Å². The summed E-state index contributed by atoms with van der Waals surface area (Å²) in [6.07, 6.45) is 10.7. The average molecular weight is 444 g/mol. The van der Waals surface area contributed by atoms with Crippen molar-refractivity contribution < 1.29 is 9.90 Å². The molecule has 0 unspecified atom stereocenters. The molecule has 3 rings (SSSR count). The van der Waals surface area contributed by atoms with Crippen molar-refractivity contribution >= 4 is 5.78 Å². The summed E-state index contributed by atoms with van der Waals surface area (Å²) in [6, 6.07) is 2.52. The molecule has 32 heavy (non-hydrogen) atoms. The fourth-order valence-electron chi connectivity index (χ4n) is 8.68. The number of nitriles is 1. The topological polar surface area (TPSA) is 61.1 Å². The number of hydrogen-bond acceptors (Lipinski definition) is 3. The number of rotatable bonds is 8. The lowest BCUT2D eigenvalue weighted by molar-refractivity contribution is -0.145. The first-order valence-electron chi connectivity index (χ1n) is 13.7. The van der Waals surface area contributed by atoms with E-state index < -0.39 is 6.10 Å². The Hall–Kier alpha value is -0.880. The Morgan fingerprint density at radius 1 is 1.06 bits per heavy atom. The van der Waals surface area contributed by atoms with Gasteiger partial charge in [0.05, 0.1) is 12.2 Å². The summed E-state index contributed by atoms with van der Waals surface area (Å²) in [4.78, 5) is 13.1. The van der Waals surface area contributed by atoms with Gasteiger partial charge in [-0.2, -0.15) is 5.26 Å². The zero-order chi connectivity index (χ0) is 23.7. The second-order valence-corrected chi connectivity index (χ2v) is 12.7. The molecule has 0 heterocycles. The van der Waals surface area contributed by atoms with E-state index in [9.17, 15) is 15.2 Å². The Labute approximate surface area is 197 Å². The van der Waals surface area contributed by atoms with E-state index in [1.807, 2.05) is 0 Å². The monoisotopic (exact) mass is 443 g/mol. The van der Waals surface area contributed by atoms with E-state index in [-0.39, 0.29) is 11.2 Å². The van der Waals surface area contributed by atoms with Crippen LogP contribution in [0, 0.1) is 63.6 Å². The molecule has 3 saturated carbocycles. The molecule has 0 bridgehead atoms. The molecule has 3 heteroatoms. The Balaban J connectivity index is 1.77. The van der Waals surface area contributed by atoms with Crippen molar-refractivity contribution in [1.82, 2.24) is 0 Å². The van der Waals surface area contributed by atoms with Crippen molar-refractivity contribution in [3.8, 4) is 6.07 Å². The van der Waals surface area contributed by atoms with Gasteiger partial charge in [0.2, 0.25) is 0 Å². The highest BCUT2D eigenvalue weighted by Crippen LogP contribution is 2.64. The van der Waals surface area contributed by atoms with E-state index in [4.69, 9.17) is 0 Å². The van der Waals surface area contributed by atoms with Crippen LogP contribution in [0.25, 0.3) is 0 Å². The van der Waals surface area contributed by atoms with Crippen LogP contribution in [0.5, 0.6) is 0 Å². The molecule has 0 aromatic carbocycles. The Morgan fingerprint density at radius 2 is 1.78 bits per heavy atom. The molecular weight excluding hydrogens is 394 g/mol. The highest BCUT2D eigenvalue weighted by Gasteiger charge is 2.59. The normalized spacial score (nSPS) is 41.8. The van der Waals surface area contributed by atoms with Crippen molar-refractivity contribution in [1.29, 1.82) is 5.26 Å². The number of aliphatic hydroxyl groups is 1. The molecule has 3 aliphatic rings. The third-order valence-electron chi connectivity index (χ3n) is 10.9. The van der Waals surface area contributed by atoms with Gasteiger partial charge >= 0.3 is 0 Å². The maximum Gasteiger partial charge on any atom is 0.141 e. The summed E-state index contributed by atoms with van der Waals surface area (Å²) < 4.78 is 0. The Kier molecular flexibility index (Phi) is 8.18. The van der Waals surface area contributed by atoms with Gasteiger partial charge in [0, 0.05) is 18.3 Å². The summed E-state index contributed by atoms with van der Waals surface area (Å²) in [7, 11) is 0. The number of nitrogens with zero attached hydrogens (tertiary/aromatic N) is 1. The molecule has 0 aromatic heterocycles. The number of carbonyl (C=O) groups excluding carboxylic acids is 1. The molecule has 0 radical (unpaired) electrons. The molecule has 9 atom stereocenters. The standard InChI is InChI=1S/C29H49NO2/c1-7-21(19(2)3)9-8-20(4)24-10-11-25-23(14-17-30)26(13-16-28(24,25)5)29(6)15-12-22(31)18-27(29)32/h19-26,31H,7-16,18H2,1-6H3/t20-,21+,22+,23+,24-,25+,26+,28-,29-/m1/s1.